The molecule has 0 spiro atoms. The maximum Gasteiger partial charge on any atom is 0.336 e. The molecule has 3 aliphatic rings. The van der Waals surface area contributed by atoms with Crippen molar-refractivity contribution in [3.8, 4) is 0 Å². The molecule has 0 aromatic carbocycles. The lowest BCUT2D eigenvalue weighted by molar-refractivity contribution is -0.148. The van der Waals surface area contributed by atoms with E-state index in [1.807, 2.05) is 19.1 Å². The number of ether oxygens (including phenoxy) is 4. The van der Waals surface area contributed by atoms with E-state index in [1.165, 1.54) is 6.92 Å². The van der Waals surface area contributed by atoms with Gasteiger partial charge in [-0.3, -0.25) is 9.78 Å². The monoisotopic (exact) mass is 524 g/mol. The number of fused-ring (bicyclic) bond motifs is 1. The summed E-state index contributed by atoms with van der Waals surface area (Å²) < 4.78 is 21.6. The molecule has 0 bridgehead atoms. The second-order valence-corrected chi connectivity index (χ2v) is 9.17. The van der Waals surface area contributed by atoms with E-state index in [-0.39, 0.29) is 13.2 Å². The van der Waals surface area contributed by atoms with Crippen molar-refractivity contribution >= 4 is 29.5 Å². The number of morpholine rings is 2. The fraction of sp³-hybridized carbons (Fsp3) is 0.500. The molecule has 5 rings (SSSR count). The zero-order valence-electron chi connectivity index (χ0n) is 21.6. The van der Waals surface area contributed by atoms with Gasteiger partial charge >= 0.3 is 11.9 Å². The molecule has 1 unspecified atom stereocenters. The van der Waals surface area contributed by atoms with E-state index in [9.17, 15) is 9.59 Å². The Morgan fingerprint density at radius 1 is 1.03 bits per heavy atom. The van der Waals surface area contributed by atoms with Crippen LogP contribution in [-0.2, 0) is 28.5 Å². The Kier molecular flexibility index (Phi) is 7.99. The first-order chi connectivity index (χ1) is 18.5. The van der Waals surface area contributed by atoms with Crippen molar-refractivity contribution in [1.29, 1.82) is 0 Å². The Balaban J connectivity index is 1.59. The zero-order chi connectivity index (χ0) is 26.5. The molecule has 0 amide bonds. The largest absolute Gasteiger partial charge is 0.462 e. The van der Waals surface area contributed by atoms with Gasteiger partial charge in [-0.2, -0.15) is 9.97 Å². The summed E-state index contributed by atoms with van der Waals surface area (Å²) in [5.74, 6) is 0.557. The average Bonchev–Trinajstić information content (AvgIpc) is 2.95. The highest BCUT2D eigenvalue weighted by molar-refractivity contribution is 5.95. The predicted molar refractivity (Wildman–Crippen MR) is 138 cm³/mol. The summed E-state index contributed by atoms with van der Waals surface area (Å²) in [6.45, 7) is 8.19. The molecular weight excluding hydrogens is 492 g/mol. The van der Waals surface area contributed by atoms with E-state index in [4.69, 9.17) is 28.9 Å². The Bertz CT molecular complexity index is 1190. The number of nitrogens with one attached hydrogen (secondary N) is 1. The van der Waals surface area contributed by atoms with Crippen molar-refractivity contribution in [3.05, 3.63) is 46.9 Å². The van der Waals surface area contributed by atoms with E-state index in [0.717, 1.165) is 16.9 Å². The molecule has 2 aromatic rings. The van der Waals surface area contributed by atoms with E-state index in [0.29, 0.717) is 75.6 Å². The highest BCUT2D eigenvalue weighted by atomic mass is 16.6. The van der Waals surface area contributed by atoms with Crippen LogP contribution in [0.2, 0.25) is 0 Å². The lowest BCUT2D eigenvalue weighted by atomic mass is 9.82. The van der Waals surface area contributed by atoms with Crippen LogP contribution in [0.25, 0.3) is 0 Å². The molecule has 0 radical (unpaired) electrons. The van der Waals surface area contributed by atoms with Gasteiger partial charge in [-0.25, -0.2) is 4.79 Å². The fourth-order valence-corrected chi connectivity index (χ4v) is 4.88. The third kappa shape index (κ3) is 5.55. The van der Waals surface area contributed by atoms with Crippen molar-refractivity contribution < 1.29 is 28.5 Å². The minimum atomic E-state index is -0.516. The van der Waals surface area contributed by atoms with Crippen molar-refractivity contribution in [2.75, 3.05) is 80.9 Å². The van der Waals surface area contributed by atoms with Crippen molar-refractivity contribution in [3.63, 3.8) is 0 Å². The molecule has 38 heavy (non-hydrogen) atoms. The Hall–Kier alpha value is -3.77. The lowest BCUT2D eigenvalue weighted by Gasteiger charge is -2.37. The number of rotatable bonds is 7. The normalized spacial score (nSPS) is 19.5. The minimum Gasteiger partial charge on any atom is -0.462 e. The van der Waals surface area contributed by atoms with Gasteiger partial charge < -0.3 is 34.1 Å². The molecule has 12 nitrogen and oxygen atoms in total. The number of allylic oxidation sites excluding steroid dienone is 1. The van der Waals surface area contributed by atoms with Crippen LogP contribution >= 0.6 is 0 Å². The maximum absolute atomic E-state index is 13.5. The van der Waals surface area contributed by atoms with E-state index in [2.05, 4.69) is 20.1 Å². The average molecular weight is 525 g/mol. The Morgan fingerprint density at radius 3 is 2.37 bits per heavy atom. The highest BCUT2D eigenvalue weighted by Gasteiger charge is 2.39. The van der Waals surface area contributed by atoms with E-state index < -0.39 is 17.9 Å². The van der Waals surface area contributed by atoms with Gasteiger partial charge in [0, 0.05) is 56.8 Å². The Morgan fingerprint density at radius 2 is 1.71 bits per heavy atom. The first kappa shape index (κ1) is 25.9. The smallest absolute Gasteiger partial charge is 0.336 e. The quantitative estimate of drug-likeness (QED) is 0.416. The molecule has 0 saturated carbocycles. The summed E-state index contributed by atoms with van der Waals surface area (Å²) in [6.07, 6.45) is 3.44. The highest BCUT2D eigenvalue weighted by Crippen LogP contribution is 2.46. The molecular formula is C26H32N6O6. The van der Waals surface area contributed by atoms with Crippen molar-refractivity contribution in [1.82, 2.24) is 15.0 Å². The van der Waals surface area contributed by atoms with Gasteiger partial charge in [0.05, 0.1) is 37.9 Å². The van der Waals surface area contributed by atoms with Crippen LogP contribution in [0.3, 0.4) is 0 Å². The van der Waals surface area contributed by atoms with Gasteiger partial charge in [-0.15, -0.1) is 0 Å². The first-order valence-corrected chi connectivity index (χ1v) is 12.8. The first-order valence-electron chi connectivity index (χ1n) is 12.8. The number of hydrogen-bond acceptors (Lipinski definition) is 12. The second kappa shape index (κ2) is 11.7. The summed E-state index contributed by atoms with van der Waals surface area (Å²) in [5.41, 5.74) is 2.67. The number of aromatic nitrogens is 3. The molecule has 2 fully saturated rings. The van der Waals surface area contributed by atoms with Gasteiger partial charge in [0.15, 0.2) is 0 Å². The third-order valence-corrected chi connectivity index (χ3v) is 6.67. The van der Waals surface area contributed by atoms with Crippen molar-refractivity contribution in [2.45, 2.75) is 19.8 Å². The SMILES string of the molecule is CC(=O)OCCOC(=O)C1=C(C)Nc2nc(N3CCOCC3)nc(N3CCOCC3)c2C1c1cccnc1. The topological polar surface area (TPSA) is 128 Å². The molecule has 0 aliphatic carbocycles. The fourth-order valence-electron chi connectivity index (χ4n) is 4.88. The van der Waals surface area contributed by atoms with Crippen LogP contribution in [0.4, 0.5) is 17.6 Å². The maximum atomic E-state index is 13.5. The molecule has 3 aliphatic heterocycles. The number of pyridine rings is 1. The number of hydrogen-bond donors (Lipinski definition) is 1. The zero-order valence-corrected chi connectivity index (χ0v) is 21.6. The number of nitrogens with zero attached hydrogens (tertiary/aromatic N) is 5. The molecule has 202 valence electrons. The van der Waals surface area contributed by atoms with E-state index >= 15 is 0 Å². The predicted octanol–water partition coefficient (Wildman–Crippen LogP) is 1.48. The summed E-state index contributed by atoms with van der Waals surface area (Å²) in [4.78, 5) is 43.2. The number of carbonyl (C=O) groups excluding carboxylic acids is 2. The standard InChI is InChI=1S/C26H32N6O6/c1-17-20(25(34)38-15-14-37-18(2)33)21(19-4-3-5-27-16-19)22-23(28-17)29-26(32-8-12-36-13-9-32)30-24(22)31-6-10-35-11-7-31/h3-5,16,21H,6-15H2,1-2H3,(H,28,29,30). The summed E-state index contributed by atoms with van der Waals surface area (Å²) in [6, 6.07) is 3.78. The van der Waals surface area contributed by atoms with Crippen LogP contribution in [0.1, 0.15) is 30.9 Å². The summed E-state index contributed by atoms with van der Waals surface area (Å²) >= 11 is 0. The molecule has 5 heterocycles. The summed E-state index contributed by atoms with van der Waals surface area (Å²) in [7, 11) is 0. The van der Waals surface area contributed by atoms with Crippen LogP contribution in [0, 0.1) is 0 Å². The van der Waals surface area contributed by atoms with Crippen LogP contribution in [0.15, 0.2) is 35.8 Å². The molecule has 2 saturated heterocycles. The number of esters is 2. The molecule has 12 heteroatoms. The second-order valence-electron chi connectivity index (χ2n) is 9.17. The number of carbonyl (C=O) groups is 2. The van der Waals surface area contributed by atoms with Gasteiger partial charge in [-0.05, 0) is 18.6 Å². The van der Waals surface area contributed by atoms with Crippen LogP contribution in [0.5, 0.6) is 0 Å². The lowest BCUT2D eigenvalue weighted by Crippen LogP contribution is -2.41. The summed E-state index contributed by atoms with van der Waals surface area (Å²) in [5, 5.41) is 3.36. The van der Waals surface area contributed by atoms with E-state index in [1.54, 1.807) is 12.4 Å². The molecule has 1 N–H and O–H groups in total. The molecule has 2 aromatic heterocycles. The van der Waals surface area contributed by atoms with Crippen molar-refractivity contribution in [2.24, 2.45) is 0 Å². The van der Waals surface area contributed by atoms with Crippen LogP contribution < -0.4 is 15.1 Å². The van der Waals surface area contributed by atoms with Gasteiger partial charge in [0.1, 0.15) is 24.8 Å². The minimum absolute atomic E-state index is 0.0139. The third-order valence-electron chi connectivity index (χ3n) is 6.67. The van der Waals surface area contributed by atoms with Crippen LogP contribution in [-0.4, -0.2) is 92.7 Å². The van der Waals surface area contributed by atoms with Gasteiger partial charge in [0.2, 0.25) is 5.95 Å². The number of anilines is 3. The molecule has 1 atom stereocenters. The van der Waals surface area contributed by atoms with Gasteiger partial charge in [-0.1, -0.05) is 6.07 Å². The Labute approximate surface area is 220 Å². The van der Waals surface area contributed by atoms with Gasteiger partial charge in [0.25, 0.3) is 0 Å².